The molecule has 1 rings (SSSR count). The summed E-state index contributed by atoms with van der Waals surface area (Å²) in [6.45, 7) is 0. The van der Waals surface area contributed by atoms with Crippen LogP contribution >= 0.6 is 27.5 Å². The molecule has 0 aromatic heterocycles. The molecule has 0 spiro atoms. The van der Waals surface area contributed by atoms with E-state index in [1.54, 1.807) is 0 Å². The Labute approximate surface area is 87.9 Å². The Morgan fingerprint density at radius 3 is 2.46 bits per heavy atom. The zero-order valence-electron chi connectivity index (χ0n) is 6.09. The van der Waals surface area contributed by atoms with Crippen LogP contribution in [-0.2, 0) is 10.0 Å². The van der Waals surface area contributed by atoms with Crippen molar-refractivity contribution in [1.29, 1.82) is 0 Å². The van der Waals surface area contributed by atoms with Crippen LogP contribution in [0, 0.1) is 5.82 Å². The van der Waals surface area contributed by atoms with Crippen molar-refractivity contribution < 1.29 is 12.8 Å². The van der Waals surface area contributed by atoms with Gasteiger partial charge in [-0.3, -0.25) is 0 Å². The summed E-state index contributed by atoms with van der Waals surface area (Å²) in [6.07, 6.45) is 0. The minimum Gasteiger partial charge on any atom is -0.225 e. The Morgan fingerprint density at radius 1 is 1.46 bits per heavy atom. The van der Waals surface area contributed by atoms with Crippen molar-refractivity contribution in [3.05, 3.63) is 27.4 Å². The van der Waals surface area contributed by atoms with Gasteiger partial charge >= 0.3 is 0 Å². The molecule has 0 fully saturated rings. The van der Waals surface area contributed by atoms with Crippen LogP contribution in [0.5, 0.6) is 0 Å². The van der Waals surface area contributed by atoms with Gasteiger partial charge in [0.25, 0.3) is 0 Å². The van der Waals surface area contributed by atoms with Crippen LogP contribution in [0.3, 0.4) is 0 Å². The first-order valence-corrected chi connectivity index (χ1v) is 5.71. The second-order valence-corrected chi connectivity index (χ2v) is 5.03. The Bertz CT molecular complexity index is 448. The third kappa shape index (κ3) is 2.40. The molecule has 0 aliphatic heterocycles. The molecule has 0 saturated carbocycles. The molecular weight excluding hydrogens is 284 g/mol. The lowest BCUT2D eigenvalue weighted by Gasteiger charge is -2.02. The van der Waals surface area contributed by atoms with Crippen molar-refractivity contribution in [2.24, 2.45) is 5.14 Å². The fourth-order valence-corrected chi connectivity index (χ4v) is 1.98. The van der Waals surface area contributed by atoms with Crippen molar-refractivity contribution in [1.82, 2.24) is 0 Å². The molecule has 1 aromatic rings. The largest absolute Gasteiger partial charge is 0.241 e. The highest BCUT2D eigenvalue weighted by molar-refractivity contribution is 9.10. The Kier molecular flexibility index (Phi) is 2.96. The van der Waals surface area contributed by atoms with E-state index in [1.165, 1.54) is 0 Å². The van der Waals surface area contributed by atoms with Crippen molar-refractivity contribution in [3.63, 3.8) is 0 Å². The van der Waals surface area contributed by atoms with Gasteiger partial charge in [0, 0.05) is 4.47 Å². The van der Waals surface area contributed by atoms with Crippen LogP contribution in [0.15, 0.2) is 21.5 Å². The second-order valence-electron chi connectivity index (χ2n) is 2.24. The quantitative estimate of drug-likeness (QED) is 0.802. The number of nitrogens with two attached hydrogens (primary N) is 1. The maximum atomic E-state index is 13.0. The summed E-state index contributed by atoms with van der Waals surface area (Å²) >= 11 is 8.47. The van der Waals surface area contributed by atoms with E-state index >= 15 is 0 Å². The Hall–Kier alpha value is -0.170. The summed E-state index contributed by atoms with van der Waals surface area (Å²) in [6, 6.07) is 1.90. The van der Waals surface area contributed by atoms with Gasteiger partial charge in [-0.25, -0.2) is 17.9 Å². The van der Waals surface area contributed by atoms with Gasteiger partial charge in [-0.05, 0) is 28.1 Å². The van der Waals surface area contributed by atoms with Crippen LogP contribution in [0.1, 0.15) is 0 Å². The van der Waals surface area contributed by atoms with Crippen molar-refractivity contribution in [2.75, 3.05) is 0 Å². The van der Waals surface area contributed by atoms with E-state index in [0.717, 1.165) is 12.1 Å². The molecule has 72 valence electrons. The molecule has 0 aliphatic rings. The number of benzene rings is 1. The highest BCUT2D eigenvalue weighted by Crippen LogP contribution is 2.27. The van der Waals surface area contributed by atoms with E-state index in [4.69, 9.17) is 16.7 Å². The van der Waals surface area contributed by atoms with E-state index < -0.39 is 20.7 Å². The molecule has 0 unspecified atom stereocenters. The number of primary sulfonamides is 1. The molecule has 0 bridgehead atoms. The zero-order chi connectivity index (χ0) is 10.2. The molecule has 13 heavy (non-hydrogen) atoms. The van der Waals surface area contributed by atoms with Gasteiger partial charge in [-0.2, -0.15) is 0 Å². The van der Waals surface area contributed by atoms with Gasteiger partial charge in [0.2, 0.25) is 10.0 Å². The van der Waals surface area contributed by atoms with Crippen LogP contribution < -0.4 is 5.14 Å². The summed E-state index contributed by atoms with van der Waals surface area (Å²) in [4.78, 5) is -0.580. The standard InChI is InChI=1S/C6H4BrClFNO2S/c7-3-1-6(13(10,11)12)5(9)2-4(3)8/h1-2H,(H2,10,11,12). The van der Waals surface area contributed by atoms with Gasteiger partial charge in [-0.1, -0.05) is 11.6 Å². The topological polar surface area (TPSA) is 60.2 Å². The van der Waals surface area contributed by atoms with Crippen LogP contribution in [0.4, 0.5) is 4.39 Å². The van der Waals surface area contributed by atoms with E-state index in [9.17, 15) is 12.8 Å². The minimum absolute atomic E-state index is 0.0879. The highest BCUT2D eigenvalue weighted by atomic mass is 79.9. The SMILES string of the molecule is NS(=O)(=O)c1cc(Br)c(Cl)cc1F. The van der Waals surface area contributed by atoms with Crippen LogP contribution in [0.2, 0.25) is 5.02 Å². The first kappa shape index (κ1) is 10.9. The lowest BCUT2D eigenvalue weighted by molar-refractivity contribution is 0.568. The number of hydrogen-bond donors (Lipinski definition) is 1. The van der Waals surface area contributed by atoms with E-state index in [2.05, 4.69) is 15.9 Å². The first-order chi connectivity index (χ1) is 5.82. The van der Waals surface area contributed by atoms with Crippen LogP contribution in [0.25, 0.3) is 0 Å². The lowest BCUT2D eigenvalue weighted by atomic mass is 10.3. The smallest absolute Gasteiger partial charge is 0.225 e. The molecule has 2 N–H and O–H groups in total. The number of rotatable bonds is 1. The molecule has 7 heteroatoms. The fourth-order valence-electron chi connectivity index (χ4n) is 0.722. The fraction of sp³-hybridized carbons (Fsp3) is 0. The van der Waals surface area contributed by atoms with Crippen molar-refractivity contribution in [2.45, 2.75) is 4.90 Å². The molecule has 1 aromatic carbocycles. The number of hydrogen-bond acceptors (Lipinski definition) is 2. The third-order valence-corrected chi connectivity index (χ3v) is 3.40. The average Bonchev–Trinajstić information content (AvgIpc) is 1.94. The molecule has 0 saturated heterocycles. The molecule has 0 heterocycles. The first-order valence-electron chi connectivity index (χ1n) is 2.99. The van der Waals surface area contributed by atoms with Crippen LogP contribution in [-0.4, -0.2) is 8.42 Å². The zero-order valence-corrected chi connectivity index (χ0v) is 9.25. The maximum absolute atomic E-state index is 13.0. The number of halogens is 3. The summed E-state index contributed by atoms with van der Waals surface area (Å²) in [5.41, 5.74) is 0. The summed E-state index contributed by atoms with van der Waals surface area (Å²) in [5.74, 6) is -0.962. The molecular formula is C6H4BrClFNO2S. The molecule has 0 aliphatic carbocycles. The van der Waals surface area contributed by atoms with Gasteiger partial charge in [0.05, 0.1) is 5.02 Å². The summed E-state index contributed by atoms with van der Waals surface area (Å²) in [7, 11) is -4.04. The molecule has 0 amide bonds. The highest BCUT2D eigenvalue weighted by Gasteiger charge is 2.16. The minimum atomic E-state index is -4.04. The third-order valence-electron chi connectivity index (χ3n) is 1.28. The van der Waals surface area contributed by atoms with E-state index in [1.807, 2.05) is 0 Å². The Balaban J connectivity index is 3.50. The second kappa shape index (κ2) is 3.53. The molecule has 0 radical (unpaired) electrons. The van der Waals surface area contributed by atoms with E-state index in [0.29, 0.717) is 0 Å². The van der Waals surface area contributed by atoms with Crippen molar-refractivity contribution in [3.8, 4) is 0 Å². The maximum Gasteiger partial charge on any atom is 0.241 e. The predicted molar refractivity (Wildman–Crippen MR) is 50.5 cm³/mol. The van der Waals surface area contributed by atoms with Gasteiger partial charge in [-0.15, -0.1) is 0 Å². The number of sulfonamides is 1. The van der Waals surface area contributed by atoms with Gasteiger partial charge in [0.15, 0.2) is 0 Å². The van der Waals surface area contributed by atoms with Crippen molar-refractivity contribution >= 4 is 37.6 Å². The Morgan fingerprint density at radius 2 is 2.00 bits per heavy atom. The van der Waals surface area contributed by atoms with Gasteiger partial charge in [0.1, 0.15) is 10.7 Å². The summed E-state index contributed by atoms with van der Waals surface area (Å²) < 4.78 is 34.8. The van der Waals surface area contributed by atoms with E-state index in [-0.39, 0.29) is 9.50 Å². The summed E-state index contributed by atoms with van der Waals surface area (Å²) in [5, 5.41) is 4.83. The lowest BCUT2D eigenvalue weighted by Crippen LogP contribution is -2.14. The molecule has 0 atom stereocenters. The van der Waals surface area contributed by atoms with Gasteiger partial charge < -0.3 is 0 Å². The predicted octanol–water partition coefficient (Wildman–Crippen LogP) is 1.89. The normalized spacial score (nSPS) is 11.7. The monoisotopic (exact) mass is 287 g/mol. The molecule has 3 nitrogen and oxygen atoms in total. The average molecular weight is 289 g/mol.